The van der Waals surface area contributed by atoms with Crippen LogP contribution in [0.4, 0.5) is 5.69 Å². The zero-order chi connectivity index (χ0) is 15.7. The van der Waals surface area contributed by atoms with E-state index in [-0.39, 0.29) is 21.2 Å². The van der Waals surface area contributed by atoms with Gasteiger partial charge < -0.3 is 5.11 Å². The molecule has 0 aliphatic carbocycles. The fourth-order valence-corrected chi connectivity index (χ4v) is 3.17. The Balaban J connectivity index is 3.37. The number of nitrogens with one attached hydrogen (secondary N) is 1. The molecule has 1 aromatic rings. The summed E-state index contributed by atoms with van der Waals surface area (Å²) in [5.41, 5.74) is -1.28. The van der Waals surface area contributed by atoms with E-state index in [0.29, 0.717) is 0 Å². The summed E-state index contributed by atoms with van der Waals surface area (Å²) >= 11 is 5.83. The smallest absolute Gasteiger partial charge is 0.275 e. The predicted molar refractivity (Wildman–Crippen MR) is 74.3 cm³/mol. The average Bonchev–Trinajstić information content (AvgIpc) is 2.30. The van der Waals surface area contributed by atoms with Crippen molar-refractivity contribution >= 4 is 27.3 Å². The molecule has 0 saturated heterocycles. The number of halogens is 1. The van der Waals surface area contributed by atoms with Gasteiger partial charge in [0.2, 0.25) is 10.0 Å². The molecule has 1 rings (SSSR count). The summed E-state index contributed by atoms with van der Waals surface area (Å²) in [6, 6.07) is 2.08. The highest BCUT2D eigenvalue weighted by atomic mass is 35.5. The third-order valence-corrected chi connectivity index (χ3v) is 4.67. The number of hydrogen-bond acceptors (Lipinski definition) is 5. The molecule has 0 spiro atoms. The van der Waals surface area contributed by atoms with E-state index in [1.807, 2.05) is 0 Å². The number of rotatable bonds is 5. The Bertz CT molecular complexity index is 642. The topological polar surface area (TPSA) is 110 Å². The minimum absolute atomic E-state index is 0.0126. The summed E-state index contributed by atoms with van der Waals surface area (Å²) in [6.45, 7) is 3.97. The van der Waals surface area contributed by atoms with E-state index in [0.717, 1.165) is 12.1 Å². The maximum absolute atomic E-state index is 12.1. The molecule has 0 heterocycles. The summed E-state index contributed by atoms with van der Waals surface area (Å²) in [5.74, 6) is 0. The molecule has 0 aromatic heterocycles. The maximum atomic E-state index is 12.1. The quantitative estimate of drug-likeness (QED) is 0.632. The molecule has 0 amide bonds. The van der Waals surface area contributed by atoms with Gasteiger partial charge in [-0.1, -0.05) is 11.6 Å². The van der Waals surface area contributed by atoms with E-state index in [1.165, 1.54) is 20.8 Å². The van der Waals surface area contributed by atoms with Crippen molar-refractivity contribution in [2.45, 2.75) is 31.2 Å². The summed E-state index contributed by atoms with van der Waals surface area (Å²) in [4.78, 5) is 9.87. The number of nitro benzene ring substituents is 1. The van der Waals surface area contributed by atoms with E-state index in [9.17, 15) is 18.5 Å². The van der Waals surface area contributed by atoms with Crippen LogP contribution >= 0.6 is 11.6 Å². The van der Waals surface area contributed by atoms with Crippen LogP contribution < -0.4 is 4.72 Å². The number of benzene rings is 1. The van der Waals surface area contributed by atoms with Crippen LogP contribution in [-0.4, -0.2) is 30.6 Å². The van der Waals surface area contributed by atoms with E-state index in [2.05, 4.69) is 4.72 Å². The first-order valence-electron chi connectivity index (χ1n) is 5.59. The lowest BCUT2D eigenvalue weighted by molar-refractivity contribution is -0.385. The van der Waals surface area contributed by atoms with Gasteiger partial charge in [-0.3, -0.25) is 10.1 Å². The summed E-state index contributed by atoms with van der Waals surface area (Å²) < 4.78 is 26.5. The summed E-state index contributed by atoms with van der Waals surface area (Å²) in [7, 11) is -4.02. The van der Waals surface area contributed by atoms with Crippen molar-refractivity contribution < 1.29 is 18.4 Å². The van der Waals surface area contributed by atoms with Crippen LogP contribution in [0.5, 0.6) is 0 Å². The average molecular weight is 323 g/mol. The Morgan fingerprint density at radius 1 is 1.45 bits per heavy atom. The van der Waals surface area contributed by atoms with E-state index < -0.39 is 27.1 Å². The third kappa shape index (κ3) is 3.66. The fourth-order valence-electron chi connectivity index (χ4n) is 1.44. The van der Waals surface area contributed by atoms with Crippen LogP contribution in [0.1, 0.15) is 19.4 Å². The molecule has 0 fully saturated rings. The number of nitrogens with zero attached hydrogens (tertiary/aromatic N) is 1. The van der Waals surface area contributed by atoms with Crippen molar-refractivity contribution in [2.24, 2.45) is 0 Å². The molecule has 0 unspecified atom stereocenters. The summed E-state index contributed by atoms with van der Waals surface area (Å²) in [6.07, 6.45) is 0. The lowest BCUT2D eigenvalue weighted by Crippen LogP contribution is -2.46. The van der Waals surface area contributed by atoms with Gasteiger partial charge in [-0.25, -0.2) is 13.1 Å². The molecule has 0 bridgehead atoms. The Morgan fingerprint density at radius 2 is 2.00 bits per heavy atom. The van der Waals surface area contributed by atoms with E-state index in [1.54, 1.807) is 0 Å². The van der Waals surface area contributed by atoms with Crippen LogP contribution in [0.3, 0.4) is 0 Å². The second-order valence-electron chi connectivity index (χ2n) is 4.95. The van der Waals surface area contributed by atoms with Gasteiger partial charge in [0.25, 0.3) is 5.69 Å². The fraction of sp³-hybridized carbons (Fsp3) is 0.455. The van der Waals surface area contributed by atoms with Gasteiger partial charge in [0, 0.05) is 11.6 Å². The van der Waals surface area contributed by atoms with Crippen molar-refractivity contribution in [2.75, 3.05) is 6.61 Å². The Labute approximate surface area is 121 Å². The third-order valence-electron chi connectivity index (χ3n) is 2.60. The molecule has 0 radical (unpaired) electrons. The highest BCUT2D eigenvalue weighted by molar-refractivity contribution is 7.89. The molecular formula is C11H15ClN2O5S. The summed E-state index contributed by atoms with van der Waals surface area (Å²) in [5, 5.41) is 20.0. The number of aliphatic hydroxyl groups excluding tert-OH is 1. The minimum Gasteiger partial charge on any atom is -0.394 e. The van der Waals surface area contributed by atoms with Crippen LogP contribution in [0.25, 0.3) is 0 Å². The van der Waals surface area contributed by atoms with Gasteiger partial charge in [-0.2, -0.15) is 0 Å². The lowest BCUT2D eigenvalue weighted by atomic mass is 10.1. The van der Waals surface area contributed by atoms with Gasteiger partial charge in [0.05, 0.1) is 27.0 Å². The minimum atomic E-state index is -4.02. The lowest BCUT2D eigenvalue weighted by Gasteiger charge is -2.23. The van der Waals surface area contributed by atoms with Gasteiger partial charge in [-0.15, -0.1) is 0 Å². The largest absolute Gasteiger partial charge is 0.394 e. The monoisotopic (exact) mass is 322 g/mol. The van der Waals surface area contributed by atoms with Gasteiger partial charge in [0.1, 0.15) is 0 Å². The zero-order valence-electron chi connectivity index (χ0n) is 11.2. The Kier molecular flexibility index (Phi) is 4.75. The predicted octanol–water partition coefficient (Wildman–Crippen LogP) is 1.61. The van der Waals surface area contributed by atoms with Crippen LogP contribution in [-0.2, 0) is 10.0 Å². The highest BCUT2D eigenvalue weighted by Gasteiger charge is 2.28. The van der Waals surface area contributed by atoms with Crippen molar-refractivity contribution in [3.63, 3.8) is 0 Å². The van der Waals surface area contributed by atoms with Crippen LogP contribution in [0.2, 0.25) is 5.02 Å². The van der Waals surface area contributed by atoms with E-state index >= 15 is 0 Å². The van der Waals surface area contributed by atoms with Crippen molar-refractivity contribution in [3.8, 4) is 0 Å². The molecular weight excluding hydrogens is 308 g/mol. The highest BCUT2D eigenvalue weighted by Crippen LogP contribution is 2.29. The van der Waals surface area contributed by atoms with E-state index in [4.69, 9.17) is 16.7 Å². The molecule has 2 N–H and O–H groups in total. The zero-order valence-corrected chi connectivity index (χ0v) is 12.7. The maximum Gasteiger partial charge on any atom is 0.275 e. The normalized spacial score (nSPS) is 12.4. The number of hydrogen-bond donors (Lipinski definition) is 2. The van der Waals surface area contributed by atoms with Gasteiger partial charge in [-0.05, 0) is 26.8 Å². The second-order valence-corrected chi connectivity index (χ2v) is 7.04. The van der Waals surface area contributed by atoms with Gasteiger partial charge in [0.15, 0.2) is 0 Å². The first kappa shape index (κ1) is 16.8. The molecule has 9 heteroatoms. The molecule has 112 valence electrons. The van der Waals surface area contributed by atoms with Gasteiger partial charge >= 0.3 is 0 Å². The Morgan fingerprint density at radius 3 is 2.45 bits per heavy atom. The molecule has 1 aromatic carbocycles. The van der Waals surface area contributed by atoms with Crippen LogP contribution in [0, 0.1) is 17.0 Å². The van der Waals surface area contributed by atoms with Crippen LogP contribution in [0.15, 0.2) is 17.0 Å². The molecule has 0 aliphatic rings. The molecule has 0 atom stereocenters. The van der Waals surface area contributed by atoms with Crippen molar-refractivity contribution in [3.05, 3.63) is 32.8 Å². The number of sulfonamides is 1. The Hall–Kier alpha value is -1.22. The number of aliphatic hydroxyl groups is 1. The standard InChI is InChI=1S/C11H15ClN2O5S/c1-7-9(12)4-8(5-10(7)14(16)17)20(18,19)13-11(2,3)6-15/h4-5,13,15H,6H2,1-3H3. The first-order chi connectivity index (χ1) is 9.00. The second kappa shape index (κ2) is 5.65. The molecule has 0 aliphatic heterocycles. The SMILES string of the molecule is Cc1c(Cl)cc(S(=O)(=O)NC(C)(C)CO)cc1[N+](=O)[O-]. The van der Waals surface area contributed by atoms with Crippen molar-refractivity contribution in [1.82, 2.24) is 4.72 Å². The first-order valence-corrected chi connectivity index (χ1v) is 7.45. The number of nitro groups is 1. The molecule has 20 heavy (non-hydrogen) atoms. The van der Waals surface area contributed by atoms with Crippen molar-refractivity contribution in [1.29, 1.82) is 0 Å². The molecule has 7 nitrogen and oxygen atoms in total. The molecule has 0 saturated carbocycles.